The molecule has 4 rings (SSSR count). The summed E-state index contributed by atoms with van der Waals surface area (Å²) in [5.41, 5.74) is 0.749. The van der Waals surface area contributed by atoms with Crippen LogP contribution < -0.4 is 10.1 Å². The molecule has 1 amide bonds. The molecule has 1 saturated heterocycles. The molecule has 3 aromatic rings. The van der Waals surface area contributed by atoms with Crippen LogP contribution in [0.2, 0.25) is 0 Å². The number of aryl methyl sites for hydroxylation is 1. The molecule has 8 nitrogen and oxygen atoms in total. The Labute approximate surface area is 148 Å². The monoisotopic (exact) mass is 357 g/mol. The van der Waals surface area contributed by atoms with Gasteiger partial charge in [0.2, 0.25) is 0 Å². The number of hydrogen-bond acceptors (Lipinski definition) is 6. The number of hydrogen-bond donors (Lipinski definition) is 1. The summed E-state index contributed by atoms with van der Waals surface area (Å²) in [4.78, 5) is 20.7. The second-order valence-corrected chi connectivity index (χ2v) is 6.00. The van der Waals surface area contributed by atoms with Crippen molar-refractivity contribution in [3.05, 3.63) is 48.3 Å². The normalized spacial score (nSPS) is 19.6. The Balaban J connectivity index is 1.51. The van der Waals surface area contributed by atoms with E-state index in [1.54, 1.807) is 24.1 Å². The maximum Gasteiger partial charge on any atom is 0.254 e. The van der Waals surface area contributed by atoms with Gasteiger partial charge in [-0.3, -0.25) is 19.4 Å². The van der Waals surface area contributed by atoms with Gasteiger partial charge in [0.15, 0.2) is 5.75 Å². The third-order valence-electron chi connectivity index (χ3n) is 4.12. The fourth-order valence-electron chi connectivity index (χ4n) is 2.83. The largest absolute Gasteiger partial charge is 0.482 e. The van der Waals surface area contributed by atoms with E-state index in [0.717, 1.165) is 0 Å². The van der Waals surface area contributed by atoms with Crippen molar-refractivity contribution in [1.82, 2.24) is 25.1 Å². The minimum absolute atomic E-state index is 0.0926. The zero-order valence-electron chi connectivity index (χ0n) is 13.9. The summed E-state index contributed by atoms with van der Waals surface area (Å²) in [6.45, 7) is 0.608. The fourth-order valence-corrected chi connectivity index (χ4v) is 2.83. The van der Waals surface area contributed by atoms with Gasteiger partial charge < -0.3 is 14.8 Å². The van der Waals surface area contributed by atoms with E-state index in [1.165, 1.54) is 24.5 Å². The second-order valence-electron chi connectivity index (χ2n) is 6.00. The minimum Gasteiger partial charge on any atom is -0.482 e. The van der Waals surface area contributed by atoms with E-state index >= 15 is 0 Å². The molecule has 0 saturated carbocycles. The lowest BCUT2D eigenvalue weighted by molar-refractivity contribution is 0.0900. The van der Waals surface area contributed by atoms with Crippen LogP contribution in [0.4, 0.5) is 4.39 Å². The Morgan fingerprint density at radius 3 is 2.81 bits per heavy atom. The van der Waals surface area contributed by atoms with Crippen LogP contribution in [0.15, 0.2) is 36.9 Å². The highest BCUT2D eigenvalue weighted by Crippen LogP contribution is 2.19. The Morgan fingerprint density at radius 2 is 2.08 bits per heavy atom. The number of nitrogens with zero attached hydrogens (tertiary/aromatic N) is 4. The second kappa shape index (κ2) is 6.68. The van der Waals surface area contributed by atoms with Crippen LogP contribution in [0.1, 0.15) is 10.4 Å². The van der Waals surface area contributed by atoms with Gasteiger partial charge in [0, 0.05) is 25.5 Å². The summed E-state index contributed by atoms with van der Waals surface area (Å²) in [6, 6.07) is 2.19. The van der Waals surface area contributed by atoms with E-state index in [-0.39, 0.29) is 18.3 Å². The Hall–Kier alpha value is -3.07. The summed E-state index contributed by atoms with van der Waals surface area (Å²) in [6.07, 6.45) is 5.88. The molecule has 26 heavy (non-hydrogen) atoms. The molecular weight excluding hydrogens is 341 g/mol. The molecule has 0 aliphatic carbocycles. The van der Waals surface area contributed by atoms with Crippen molar-refractivity contribution in [3.63, 3.8) is 0 Å². The van der Waals surface area contributed by atoms with Crippen molar-refractivity contribution in [2.45, 2.75) is 12.1 Å². The van der Waals surface area contributed by atoms with Gasteiger partial charge in [0.05, 0.1) is 48.2 Å². The number of carbonyl (C=O) groups excluding carboxylic acids is 1. The topological polar surface area (TPSA) is 91.2 Å². The predicted octanol–water partition coefficient (Wildman–Crippen LogP) is 1.08. The number of carbonyl (C=O) groups is 1. The van der Waals surface area contributed by atoms with Crippen molar-refractivity contribution in [1.29, 1.82) is 0 Å². The maximum absolute atomic E-state index is 14.3. The number of aromatic nitrogens is 4. The summed E-state index contributed by atoms with van der Waals surface area (Å²) < 4.78 is 27.1. The molecule has 9 heteroatoms. The third kappa shape index (κ3) is 3.21. The molecule has 1 fully saturated rings. The number of rotatable bonds is 4. The highest BCUT2D eigenvalue weighted by atomic mass is 19.1. The van der Waals surface area contributed by atoms with Crippen LogP contribution in [0.25, 0.3) is 11.0 Å². The third-order valence-corrected chi connectivity index (χ3v) is 4.12. The summed E-state index contributed by atoms with van der Waals surface area (Å²) in [5, 5.41) is 6.81. The summed E-state index contributed by atoms with van der Waals surface area (Å²) >= 11 is 0. The smallest absolute Gasteiger partial charge is 0.254 e. The van der Waals surface area contributed by atoms with Crippen LogP contribution in [0.3, 0.4) is 0 Å². The van der Waals surface area contributed by atoms with Crippen molar-refractivity contribution in [3.8, 4) is 5.75 Å². The van der Waals surface area contributed by atoms with Gasteiger partial charge in [-0.1, -0.05) is 0 Å². The van der Waals surface area contributed by atoms with Gasteiger partial charge in [-0.25, -0.2) is 4.39 Å². The maximum atomic E-state index is 14.3. The number of benzene rings is 1. The molecule has 0 spiro atoms. The van der Waals surface area contributed by atoms with Gasteiger partial charge >= 0.3 is 0 Å². The molecular formula is C17H16FN5O3. The summed E-state index contributed by atoms with van der Waals surface area (Å²) in [7, 11) is 1.78. The lowest BCUT2D eigenvalue weighted by Gasteiger charge is -2.19. The Bertz CT molecular complexity index is 960. The van der Waals surface area contributed by atoms with Crippen LogP contribution in [0, 0.1) is 5.82 Å². The molecule has 2 atom stereocenters. The number of amides is 1. The molecule has 2 aromatic heterocycles. The van der Waals surface area contributed by atoms with Crippen LogP contribution in [0.5, 0.6) is 5.75 Å². The molecule has 1 aliphatic heterocycles. The molecule has 0 radical (unpaired) electrons. The minimum atomic E-state index is -0.654. The average Bonchev–Trinajstić information content (AvgIpc) is 3.23. The Morgan fingerprint density at radius 1 is 1.31 bits per heavy atom. The molecule has 0 unspecified atom stereocenters. The SMILES string of the molecule is Cn1cc(O[C@@H]2COC[C@@H]2NC(=O)c2cc3nccnc3cc2F)cn1. The summed E-state index contributed by atoms with van der Waals surface area (Å²) in [5.74, 6) is -0.626. The van der Waals surface area contributed by atoms with Crippen molar-refractivity contribution in [2.75, 3.05) is 13.2 Å². The number of fused-ring (bicyclic) bond motifs is 1. The van der Waals surface area contributed by atoms with Gasteiger partial charge in [-0.2, -0.15) is 5.10 Å². The van der Waals surface area contributed by atoms with E-state index in [1.807, 2.05) is 0 Å². The number of halogens is 1. The van der Waals surface area contributed by atoms with Gasteiger partial charge in [0.25, 0.3) is 5.91 Å². The first-order chi connectivity index (χ1) is 12.6. The van der Waals surface area contributed by atoms with E-state index in [0.29, 0.717) is 23.4 Å². The molecule has 1 aliphatic rings. The first kappa shape index (κ1) is 16.4. The quantitative estimate of drug-likeness (QED) is 0.751. The first-order valence-corrected chi connectivity index (χ1v) is 8.04. The lowest BCUT2D eigenvalue weighted by Crippen LogP contribution is -2.45. The van der Waals surface area contributed by atoms with E-state index in [2.05, 4.69) is 20.4 Å². The van der Waals surface area contributed by atoms with Gasteiger partial charge in [-0.15, -0.1) is 0 Å². The Kier molecular flexibility index (Phi) is 4.21. The van der Waals surface area contributed by atoms with Crippen molar-refractivity contribution < 1.29 is 18.7 Å². The van der Waals surface area contributed by atoms with E-state index in [9.17, 15) is 9.18 Å². The molecule has 1 N–H and O–H groups in total. The fraction of sp³-hybridized carbons (Fsp3) is 0.294. The van der Waals surface area contributed by atoms with Crippen LogP contribution in [-0.4, -0.2) is 51.0 Å². The van der Waals surface area contributed by atoms with E-state index in [4.69, 9.17) is 9.47 Å². The lowest BCUT2D eigenvalue weighted by atomic mass is 10.1. The number of nitrogens with one attached hydrogen (secondary N) is 1. The average molecular weight is 357 g/mol. The van der Waals surface area contributed by atoms with Crippen LogP contribution >= 0.6 is 0 Å². The molecule has 3 heterocycles. The van der Waals surface area contributed by atoms with Gasteiger partial charge in [0.1, 0.15) is 11.9 Å². The zero-order valence-corrected chi connectivity index (χ0v) is 13.9. The van der Waals surface area contributed by atoms with Gasteiger partial charge in [-0.05, 0) is 6.07 Å². The first-order valence-electron chi connectivity index (χ1n) is 8.04. The molecule has 134 valence electrons. The zero-order chi connectivity index (χ0) is 18.1. The molecule has 0 bridgehead atoms. The highest BCUT2D eigenvalue weighted by Gasteiger charge is 2.32. The van der Waals surface area contributed by atoms with Crippen molar-refractivity contribution in [2.24, 2.45) is 7.05 Å². The van der Waals surface area contributed by atoms with Crippen molar-refractivity contribution >= 4 is 16.9 Å². The standard InChI is InChI=1S/C17H16FN5O3/c1-23-7-10(6-21-23)26-16-9-25-8-15(16)22-17(24)11-4-13-14(5-12(11)18)20-3-2-19-13/h2-7,15-16H,8-9H2,1H3,(H,22,24)/t15-,16+/m0/s1. The predicted molar refractivity (Wildman–Crippen MR) is 89.2 cm³/mol. The van der Waals surface area contributed by atoms with Crippen LogP contribution in [-0.2, 0) is 11.8 Å². The van der Waals surface area contributed by atoms with E-state index < -0.39 is 17.8 Å². The highest BCUT2D eigenvalue weighted by molar-refractivity contribution is 5.97. The number of ether oxygens (including phenoxy) is 2. The molecule has 1 aromatic carbocycles.